The maximum absolute atomic E-state index is 12.2. The molecule has 2 heteroatoms. The molecule has 2 nitrogen and oxygen atoms in total. The highest BCUT2D eigenvalue weighted by molar-refractivity contribution is 6.06. The van der Waals surface area contributed by atoms with E-state index in [1.165, 1.54) is 0 Å². The number of ether oxygens (including phenoxy) is 1. The van der Waals surface area contributed by atoms with E-state index in [0.717, 1.165) is 16.9 Å². The second-order valence-electron chi connectivity index (χ2n) is 5.41. The van der Waals surface area contributed by atoms with Crippen LogP contribution in [0, 0.1) is 0 Å². The Kier molecular flexibility index (Phi) is 5.21. The molecule has 118 valence electrons. The number of rotatable bonds is 6. The molecule has 0 unspecified atom stereocenters. The Bertz CT molecular complexity index is 804. The Labute approximate surface area is 142 Å². The second kappa shape index (κ2) is 7.93. The van der Waals surface area contributed by atoms with Gasteiger partial charge < -0.3 is 4.74 Å². The quantitative estimate of drug-likeness (QED) is 0.464. The number of hydrogen-bond acceptors (Lipinski definition) is 2. The van der Waals surface area contributed by atoms with E-state index in [0.29, 0.717) is 12.2 Å². The van der Waals surface area contributed by atoms with Gasteiger partial charge in [-0.1, -0.05) is 66.7 Å². The van der Waals surface area contributed by atoms with E-state index in [2.05, 4.69) is 0 Å². The van der Waals surface area contributed by atoms with Gasteiger partial charge in [0, 0.05) is 5.56 Å². The normalized spacial score (nSPS) is 10.7. The first kappa shape index (κ1) is 15.8. The number of ketones is 1. The van der Waals surface area contributed by atoms with Crippen LogP contribution in [0.2, 0.25) is 0 Å². The second-order valence-corrected chi connectivity index (χ2v) is 5.41. The average Bonchev–Trinajstić information content (AvgIpc) is 2.66. The van der Waals surface area contributed by atoms with Crippen LogP contribution in [0.15, 0.2) is 91.0 Å². The topological polar surface area (TPSA) is 26.3 Å². The molecule has 0 aliphatic carbocycles. The van der Waals surface area contributed by atoms with Crippen LogP contribution in [0.25, 0.3) is 6.08 Å². The molecule has 0 bridgehead atoms. The summed E-state index contributed by atoms with van der Waals surface area (Å²) in [5.74, 6) is 0.732. The fraction of sp³-hybridized carbons (Fsp3) is 0.0455. The molecule has 3 rings (SSSR count). The Balaban J connectivity index is 1.59. The van der Waals surface area contributed by atoms with E-state index < -0.39 is 0 Å². The molecule has 0 aliphatic heterocycles. The van der Waals surface area contributed by atoms with Crippen LogP contribution in [0.3, 0.4) is 0 Å². The zero-order chi connectivity index (χ0) is 16.6. The molecule has 3 aromatic carbocycles. The molecule has 24 heavy (non-hydrogen) atoms. The molecular formula is C22H18O2. The van der Waals surface area contributed by atoms with Crippen molar-refractivity contribution in [2.24, 2.45) is 0 Å². The lowest BCUT2D eigenvalue weighted by atomic mass is 10.1. The maximum Gasteiger partial charge on any atom is 0.185 e. The molecule has 0 spiro atoms. The number of benzene rings is 3. The zero-order valence-electron chi connectivity index (χ0n) is 13.3. The van der Waals surface area contributed by atoms with Gasteiger partial charge in [0.15, 0.2) is 5.78 Å². The molecule has 0 heterocycles. The van der Waals surface area contributed by atoms with Crippen molar-refractivity contribution in [3.05, 3.63) is 108 Å². The van der Waals surface area contributed by atoms with E-state index in [1.54, 1.807) is 18.2 Å². The largest absolute Gasteiger partial charge is 0.489 e. The molecular weight excluding hydrogens is 296 g/mol. The highest BCUT2D eigenvalue weighted by Gasteiger charge is 2.02. The first-order valence-electron chi connectivity index (χ1n) is 7.85. The van der Waals surface area contributed by atoms with E-state index in [9.17, 15) is 4.79 Å². The van der Waals surface area contributed by atoms with Gasteiger partial charge in [-0.15, -0.1) is 0 Å². The number of carbonyl (C=O) groups is 1. The third-order valence-corrected chi connectivity index (χ3v) is 3.61. The van der Waals surface area contributed by atoms with Gasteiger partial charge in [0.1, 0.15) is 12.4 Å². The lowest BCUT2D eigenvalue weighted by molar-refractivity contribution is 0.104. The lowest BCUT2D eigenvalue weighted by Gasteiger charge is -2.06. The van der Waals surface area contributed by atoms with Crippen LogP contribution in [0.1, 0.15) is 21.5 Å². The highest BCUT2D eigenvalue weighted by atomic mass is 16.5. The first-order valence-corrected chi connectivity index (χ1v) is 7.85. The summed E-state index contributed by atoms with van der Waals surface area (Å²) in [6, 6.07) is 27.0. The molecule has 0 saturated carbocycles. The number of allylic oxidation sites excluding steroid dienone is 1. The van der Waals surface area contributed by atoms with Crippen LogP contribution < -0.4 is 4.74 Å². The first-order chi connectivity index (χ1) is 11.8. The maximum atomic E-state index is 12.2. The summed E-state index contributed by atoms with van der Waals surface area (Å²) in [5.41, 5.74) is 2.77. The van der Waals surface area contributed by atoms with Crippen molar-refractivity contribution in [2.75, 3.05) is 0 Å². The Morgan fingerprint density at radius 1 is 0.792 bits per heavy atom. The summed E-state index contributed by atoms with van der Waals surface area (Å²) in [5, 5.41) is 0. The van der Waals surface area contributed by atoms with Gasteiger partial charge in [-0.05, 0) is 41.5 Å². The predicted octanol–water partition coefficient (Wildman–Crippen LogP) is 5.16. The molecule has 0 aromatic heterocycles. The summed E-state index contributed by atoms with van der Waals surface area (Å²) >= 11 is 0. The minimum absolute atomic E-state index is 0.0199. The minimum Gasteiger partial charge on any atom is -0.489 e. The molecule has 0 radical (unpaired) electrons. The van der Waals surface area contributed by atoms with Crippen LogP contribution in [0.4, 0.5) is 0 Å². The van der Waals surface area contributed by atoms with Gasteiger partial charge in [-0.2, -0.15) is 0 Å². The summed E-state index contributed by atoms with van der Waals surface area (Å²) in [6.07, 6.45) is 3.41. The average molecular weight is 314 g/mol. The van der Waals surface area contributed by atoms with Crippen LogP contribution in [0.5, 0.6) is 5.75 Å². The van der Waals surface area contributed by atoms with Crippen molar-refractivity contribution in [3.8, 4) is 5.75 Å². The summed E-state index contributed by atoms with van der Waals surface area (Å²) in [7, 11) is 0. The van der Waals surface area contributed by atoms with Crippen molar-refractivity contribution in [2.45, 2.75) is 6.61 Å². The van der Waals surface area contributed by atoms with Gasteiger partial charge in [-0.25, -0.2) is 0 Å². The molecule has 0 N–H and O–H groups in total. The van der Waals surface area contributed by atoms with Crippen molar-refractivity contribution in [1.82, 2.24) is 0 Å². The van der Waals surface area contributed by atoms with Gasteiger partial charge in [0.25, 0.3) is 0 Å². The summed E-state index contributed by atoms with van der Waals surface area (Å²) in [6.45, 7) is 0.516. The van der Waals surface area contributed by atoms with Gasteiger partial charge in [0.05, 0.1) is 0 Å². The Morgan fingerprint density at radius 3 is 2.08 bits per heavy atom. The molecule has 0 fully saturated rings. The fourth-order valence-electron chi connectivity index (χ4n) is 2.29. The monoisotopic (exact) mass is 314 g/mol. The zero-order valence-corrected chi connectivity index (χ0v) is 13.3. The smallest absolute Gasteiger partial charge is 0.185 e. The SMILES string of the molecule is O=C(C=Cc1ccccc1)c1ccc(OCc2ccccc2)cc1. The van der Waals surface area contributed by atoms with Gasteiger partial charge in [-0.3, -0.25) is 4.79 Å². The van der Waals surface area contributed by atoms with Crippen molar-refractivity contribution >= 4 is 11.9 Å². The standard InChI is InChI=1S/C22H18O2/c23-22(16-11-18-7-3-1-4-8-18)20-12-14-21(15-13-20)24-17-19-9-5-2-6-10-19/h1-16H,17H2. The highest BCUT2D eigenvalue weighted by Crippen LogP contribution is 2.15. The van der Waals surface area contributed by atoms with E-state index >= 15 is 0 Å². The molecule has 0 amide bonds. The third-order valence-electron chi connectivity index (χ3n) is 3.61. The molecule has 0 atom stereocenters. The predicted molar refractivity (Wildman–Crippen MR) is 97.0 cm³/mol. The molecule has 0 saturated heterocycles. The lowest BCUT2D eigenvalue weighted by Crippen LogP contribution is -1.97. The third kappa shape index (κ3) is 4.43. The number of hydrogen-bond donors (Lipinski definition) is 0. The van der Waals surface area contributed by atoms with Crippen molar-refractivity contribution < 1.29 is 9.53 Å². The van der Waals surface area contributed by atoms with Crippen LogP contribution in [-0.4, -0.2) is 5.78 Å². The van der Waals surface area contributed by atoms with Crippen molar-refractivity contribution in [3.63, 3.8) is 0 Å². The Hall–Kier alpha value is -3.13. The van der Waals surface area contributed by atoms with Crippen LogP contribution in [-0.2, 0) is 6.61 Å². The molecule has 0 aliphatic rings. The number of carbonyl (C=O) groups excluding carboxylic acids is 1. The Morgan fingerprint density at radius 2 is 1.42 bits per heavy atom. The summed E-state index contributed by atoms with van der Waals surface area (Å²) < 4.78 is 5.73. The summed E-state index contributed by atoms with van der Waals surface area (Å²) in [4.78, 5) is 12.2. The van der Waals surface area contributed by atoms with Crippen LogP contribution >= 0.6 is 0 Å². The minimum atomic E-state index is -0.0199. The molecule has 3 aromatic rings. The van der Waals surface area contributed by atoms with Gasteiger partial charge in [0.2, 0.25) is 0 Å². The van der Waals surface area contributed by atoms with E-state index in [1.807, 2.05) is 78.9 Å². The fourth-order valence-corrected chi connectivity index (χ4v) is 2.29. The van der Waals surface area contributed by atoms with Gasteiger partial charge >= 0.3 is 0 Å². The van der Waals surface area contributed by atoms with Crippen molar-refractivity contribution in [1.29, 1.82) is 0 Å². The van der Waals surface area contributed by atoms with E-state index in [4.69, 9.17) is 4.74 Å². The van der Waals surface area contributed by atoms with E-state index in [-0.39, 0.29) is 5.78 Å².